The van der Waals surface area contributed by atoms with Crippen molar-refractivity contribution in [3.63, 3.8) is 0 Å². The molecule has 0 aliphatic carbocycles. The summed E-state index contributed by atoms with van der Waals surface area (Å²) in [6.45, 7) is 4.09. The Morgan fingerprint density at radius 2 is 2.00 bits per heavy atom. The minimum Gasteiger partial charge on any atom is -0.383 e. The van der Waals surface area contributed by atoms with Gasteiger partial charge in [0.25, 0.3) is 0 Å². The van der Waals surface area contributed by atoms with E-state index in [4.69, 9.17) is 10.00 Å². The SMILES string of the molecule is COCC(NS(=O)(=O)c1ccccc1C#N)C(C)C. The number of hydrogen-bond acceptors (Lipinski definition) is 4. The predicted octanol–water partition coefficient (Wildman–Crippen LogP) is 1.51. The third-order valence-corrected chi connectivity index (χ3v) is 4.30. The third kappa shape index (κ3) is 4.03. The van der Waals surface area contributed by atoms with Gasteiger partial charge in [0.05, 0.1) is 17.1 Å². The van der Waals surface area contributed by atoms with E-state index >= 15 is 0 Å². The molecule has 104 valence electrons. The molecule has 0 amide bonds. The molecule has 0 fully saturated rings. The fourth-order valence-corrected chi connectivity index (χ4v) is 3.12. The summed E-state index contributed by atoms with van der Waals surface area (Å²) in [5.74, 6) is 0.0870. The fourth-order valence-electron chi connectivity index (χ4n) is 1.60. The van der Waals surface area contributed by atoms with Crippen molar-refractivity contribution in [3.8, 4) is 6.07 Å². The first-order valence-corrected chi connectivity index (χ1v) is 7.41. The summed E-state index contributed by atoms with van der Waals surface area (Å²) in [7, 11) is -2.20. The van der Waals surface area contributed by atoms with Gasteiger partial charge in [-0.05, 0) is 18.1 Å². The van der Waals surface area contributed by atoms with E-state index < -0.39 is 10.0 Å². The zero-order valence-electron chi connectivity index (χ0n) is 11.3. The lowest BCUT2D eigenvalue weighted by Gasteiger charge is -2.21. The van der Waals surface area contributed by atoms with Gasteiger partial charge in [0.15, 0.2) is 0 Å². The van der Waals surface area contributed by atoms with E-state index in [9.17, 15) is 8.42 Å². The number of rotatable bonds is 6. The summed E-state index contributed by atoms with van der Waals surface area (Å²) in [4.78, 5) is -0.000692. The van der Waals surface area contributed by atoms with Crippen molar-refractivity contribution < 1.29 is 13.2 Å². The summed E-state index contributed by atoms with van der Waals surface area (Å²) in [5.41, 5.74) is 0.134. The highest BCUT2D eigenvalue weighted by Gasteiger charge is 2.24. The molecule has 1 atom stereocenters. The number of nitrogens with one attached hydrogen (secondary N) is 1. The first-order valence-electron chi connectivity index (χ1n) is 5.92. The lowest BCUT2D eigenvalue weighted by Crippen LogP contribution is -2.41. The van der Waals surface area contributed by atoms with Crippen molar-refractivity contribution in [2.45, 2.75) is 24.8 Å². The molecule has 0 saturated carbocycles. The van der Waals surface area contributed by atoms with E-state index in [0.717, 1.165) is 0 Å². The van der Waals surface area contributed by atoms with Crippen LogP contribution in [0.25, 0.3) is 0 Å². The molecule has 0 aliphatic rings. The summed E-state index contributed by atoms with van der Waals surface area (Å²) >= 11 is 0. The van der Waals surface area contributed by atoms with Gasteiger partial charge >= 0.3 is 0 Å². The molecule has 1 aromatic rings. The number of sulfonamides is 1. The molecule has 0 spiro atoms. The van der Waals surface area contributed by atoms with Gasteiger partial charge in [-0.25, -0.2) is 13.1 Å². The maximum Gasteiger partial charge on any atom is 0.242 e. The van der Waals surface area contributed by atoms with Gasteiger partial charge in [-0.15, -0.1) is 0 Å². The van der Waals surface area contributed by atoms with Crippen LogP contribution in [-0.4, -0.2) is 28.2 Å². The van der Waals surface area contributed by atoms with Gasteiger partial charge in [-0.2, -0.15) is 5.26 Å². The largest absolute Gasteiger partial charge is 0.383 e. The van der Waals surface area contributed by atoms with Crippen LogP contribution in [0.1, 0.15) is 19.4 Å². The molecule has 0 bridgehead atoms. The van der Waals surface area contributed by atoms with Crippen molar-refractivity contribution in [2.75, 3.05) is 13.7 Å². The average molecular weight is 282 g/mol. The third-order valence-electron chi connectivity index (χ3n) is 2.75. The molecule has 0 aromatic heterocycles. The Balaban J connectivity index is 3.07. The van der Waals surface area contributed by atoms with Gasteiger partial charge in [0.1, 0.15) is 6.07 Å². The number of methoxy groups -OCH3 is 1. The van der Waals surface area contributed by atoms with Crippen molar-refractivity contribution in [2.24, 2.45) is 5.92 Å². The quantitative estimate of drug-likeness (QED) is 0.857. The number of benzene rings is 1. The summed E-state index contributed by atoms with van der Waals surface area (Å²) < 4.78 is 32.2. The van der Waals surface area contributed by atoms with Crippen molar-refractivity contribution in [1.29, 1.82) is 5.26 Å². The van der Waals surface area contributed by atoms with E-state index in [0.29, 0.717) is 0 Å². The van der Waals surface area contributed by atoms with E-state index in [1.165, 1.54) is 19.2 Å². The van der Waals surface area contributed by atoms with Gasteiger partial charge in [0, 0.05) is 13.2 Å². The Morgan fingerprint density at radius 3 is 2.53 bits per heavy atom. The highest BCUT2D eigenvalue weighted by Crippen LogP contribution is 2.16. The molecule has 0 aliphatic heterocycles. The average Bonchev–Trinajstić information content (AvgIpc) is 2.38. The second kappa shape index (κ2) is 6.66. The van der Waals surface area contributed by atoms with Crippen molar-refractivity contribution in [1.82, 2.24) is 4.72 Å². The molecule has 0 heterocycles. The van der Waals surface area contributed by atoms with E-state index in [1.54, 1.807) is 12.1 Å². The van der Waals surface area contributed by atoms with Crippen LogP contribution in [0, 0.1) is 17.2 Å². The van der Waals surface area contributed by atoms with Crippen LogP contribution in [0.4, 0.5) is 0 Å². The van der Waals surface area contributed by atoms with Gasteiger partial charge in [-0.3, -0.25) is 0 Å². The second-order valence-electron chi connectivity index (χ2n) is 4.54. The highest BCUT2D eigenvalue weighted by atomic mass is 32.2. The zero-order valence-corrected chi connectivity index (χ0v) is 12.1. The van der Waals surface area contributed by atoms with E-state index in [1.807, 2.05) is 19.9 Å². The number of nitrogens with zero attached hydrogens (tertiary/aromatic N) is 1. The Kier molecular flexibility index (Phi) is 5.48. The molecule has 1 N–H and O–H groups in total. The highest BCUT2D eigenvalue weighted by molar-refractivity contribution is 7.89. The predicted molar refractivity (Wildman–Crippen MR) is 72.0 cm³/mol. The lowest BCUT2D eigenvalue weighted by atomic mass is 10.1. The van der Waals surface area contributed by atoms with Gasteiger partial charge in [-0.1, -0.05) is 26.0 Å². The van der Waals surface area contributed by atoms with Crippen LogP contribution in [-0.2, 0) is 14.8 Å². The first kappa shape index (κ1) is 15.6. The second-order valence-corrected chi connectivity index (χ2v) is 6.22. The van der Waals surface area contributed by atoms with Crippen LogP contribution in [0.2, 0.25) is 0 Å². The Morgan fingerprint density at radius 1 is 1.37 bits per heavy atom. The Hall–Kier alpha value is -1.42. The van der Waals surface area contributed by atoms with Crippen LogP contribution in [0.3, 0.4) is 0 Å². The smallest absolute Gasteiger partial charge is 0.242 e. The lowest BCUT2D eigenvalue weighted by molar-refractivity contribution is 0.157. The van der Waals surface area contributed by atoms with Crippen LogP contribution < -0.4 is 4.72 Å². The number of hydrogen-bond donors (Lipinski definition) is 1. The zero-order chi connectivity index (χ0) is 14.5. The minimum atomic E-state index is -3.72. The topological polar surface area (TPSA) is 79.2 Å². The van der Waals surface area contributed by atoms with Crippen molar-refractivity contribution in [3.05, 3.63) is 29.8 Å². The molecule has 1 unspecified atom stereocenters. The molecule has 1 rings (SSSR count). The monoisotopic (exact) mass is 282 g/mol. The fraction of sp³-hybridized carbons (Fsp3) is 0.462. The Bertz CT molecular complexity index is 561. The summed E-state index contributed by atoms with van der Waals surface area (Å²) in [6, 6.07) is 7.68. The molecular weight excluding hydrogens is 264 g/mol. The summed E-state index contributed by atoms with van der Waals surface area (Å²) in [5, 5.41) is 8.96. The maximum atomic E-state index is 12.3. The van der Waals surface area contributed by atoms with Gasteiger partial charge in [0.2, 0.25) is 10.0 Å². The number of nitriles is 1. The van der Waals surface area contributed by atoms with E-state index in [2.05, 4.69) is 4.72 Å². The van der Waals surface area contributed by atoms with Crippen LogP contribution in [0.15, 0.2) is 29.2 Å². The van der Waals surface area contributed by atoms with Crippen molar-refractivity contribution >= 4 is 10.0 Å². The minimum absolute atomic E-state index is 0.000692. The van der Waals surface area contributed by atoms with E-state index in [-0.39, 0.29) is 29.0 Å². The molecule has 0 radical (unpaired) electrons. The first-order chi connectivity index (χ1) is 8.92. The Labute approximate surface area is 114 Å². The molecule has 0 saturated heterocycles. The molecular formula is C13H18N2O3S. The maximum absolute atomic E-state index is 12.3. The molecule has 19 heavy (non-hydrogen) atoms. The molecule has 6 heteroatoms. The number of ether oxygens (including phenoxy) is 1. The van der Waals surface area contributed by atoms with Crippen LogP contribution in [0.5, 0.6) is 0 Å². The summed E-state index contributed by atoms with van der Waals surface area (Å²) in [6.07, 6.45) is 0. The molecule has 1 aromatic carbocycles. The molecule has 5 nitrogen and oxygen atoms in total. The van der Waals surface area contributed by atoms with Gasteiger partial charge < -0.3 is 4.74 Å². The standard InChI is InChI=1S/C13H18N2O3S/c1-10(2)12(9-18-3)15-19(16,17)13-7-5-4-6-11(13)8-14/h4-7,10,12,15H,9H2,1-3H3. The van der Waals surface area contributed by atoms with Crippen LogP contribution >= 0.6 is 0 Å². The normalized spacial score (nSPS) is 13.2.